The molecule has 26 heavy (non-hydrogen) atoms. The fourth-order valence-corrected chi connectivity index (χ4v) is 3.18. The molecule has 0 N–H and O–H groups in total. The first-order chi connectivity index (χ1) is 12.6. The lowest BCUT2D eigenvalue weighted by Crippen LogP contribution is -2.21. The van der Waals surface area contributed by atoms with Crippen LogP contribution in [-0.4, -0.2) is 50.0 Å². The Hall–Kier alpha value is -2.53. The molecule has 3 rings (SSSR count). The summed E-state index contributed by atoms with van der Waals surface area (Å²) in [7, 11) is 5.18. The van der Waals surface area contributed by atoms with Crippen molar-refractivity contribution in [2.24, 2.45) is 0 Å². The topological polar surface area (TPSA) is 42.0 Å². The van der Waals surface area contributed by atoms with E-state index in [4.69, 9.17) is 9.47 Å². The van der Waals surface area contributed by atoms with Gasteiger partial charge in [-0.1, -0.05) is 0 Å². The summed E-state index contributed by atoms with van der Waals surface area (Å²) >= 11 is 0. The fraction of sp³-hybridized carbons (Fsp3) is 0.381. The molecule has 1 aliphatic rings. The highest BCUT2D eigenvalue weighted by Gasteiger charge is 2.15. The van der Waals surface area contributed by atoms with Gasteiger partial charge in [-0.05, 0) is 68.4 Å². The van der Waals surface area contributed by atoms with Crippen LogP contribution in [0.5, 0.6) is 17.2 Å². The van der Waals surface area contributed by atoms with E-state index in [-0.39, 0.29) is 5.91 Å². The monoisotopic (exact) mass is 354 g/mol. The Bertz CT molecular complexity index is 750. The molecule has 1 heterocycles. The van der Waals surface area contributed by atoms with E-state index in [1.807, 2.05) is 30.3 Å². The lowest BCUT2D eigenvalue weighted by molar-refractivity contribution is 0.0827. The van der Waals surface area contributed by atoms with E-state index in [9.17, 15) is 4.79 Å². The van der Waals surface area contributed by atoms with Crippen LogP contribution in [0, 0.1) is 0 Å². The third kappa shape index (κ3) is 4.35. The Kier molecular flexibility index (Phi) is 5.78. The number of carbonyl (C=O) groups excluding carboxylic acids is 1. The van der Waals surface area contributed by atoms with Crippen LogP contribution < -0.4 is 9.47 Å². The lowest BCUT2D eigenvalue weighted by atomic mass is 10.1. The van der Waals surface area contributed by atoms with Crippen molar-refractivity contribution in [3.8, 4) is 17.2 Å². The summed E-state index contributed by atoms with van der Waals surface area (Å²) in [6.07, 6.45) is 2.52. The molecule has 5 nitrogen and oxygen atoms in total. The Morgan fingerprint density at radius 3 is 2.31 bits per heavy atom. The molecule has 0 atom stereocenters. The van der Waals surface area contributed by atoms with Gasteiger partial charge in [0.2, 0.25) is 0 Å². The molecule has 2 aromatic rings. The Labute approximate surface area is 155 Å². The van der Waals surface area contributed by atoms with E-state index in [1.54, 1.807) is 38.2 Å². The molecule has 0 radical (unpaired) electrons. The Morgan fingerprint density at radius 1 is 1.04 bits per heavy atom. The number of hydrogen-bond acceptors (Lipinski definition) is 4. The predicted molar refractivity (Wildman–Crippen MR) is 102 cm³/mol. The van der Waals surface area contributed by atoms with E-state index in [2.05, 4.69) is 4.90 Å². The summed E-state index contributed by atoms with van der Waals surface area (Å²) in [5, 5.41) is 0. The molecular weight excluding hydrogens is 328 g/mol. The molecule has 2 aromatic carbocycles. The highest BCUT2D eigenvalue weighted by molar-refractivity contribution is 5.93. The molecule has 5 heteroatoms. The minimum absolute atomic E-state index is 0.0195. The number of methoxy groups -OCH3 is 1. The van der Waals surface area contributed by atoms with E-state index < -0.39 is 0 Å². The van der Waals surface area contributed by atoms with Gasteiger partial charge in [0.15, 0.2) is 0 Å². The molecule has 0 saturated carbocycles. The number of ether oxygens (including phenoxy) is 2. The smallest absolute Gasteiger partial charge is 0.253 e. The Balaban J connectivity index is 1.73. The van der Waals surface area contributed by atoms with Gasteiger partial charge in [-0.15, -0.1) is 0 Å². The van der Waals surface area contributed by atoms with Crippen LogP contribution >= 0.6 is 0 Å². The molecule has 0 spiro atoms. The summed E-state index contributed by atoms with van der Waals surface area (Å²) < 4.78 is 11.5. The summed E-state index contributed by atoms with van der Waals surface area (Å²) in [5.74, 6) is 2.34. The second-order valence-electron chi connectivity index (χ2n) is 6.78. The number of hydrogen-bond donors (Lipinski definition) is 0. The quantitative estimate of drug-likeness (QED) is 0.792. The summed E-state index contributed by atoms with van der Waals surface area (Å²) in [4.78, 5) is 16.0. The van der Waals surface area contributed by atoms with Crippen molar-refractivity contribution in [1.29, 1.82) is 0 Å². The predicted octanol–water partition coefficient (Wildman–Crippen LogP) is 3.79. The van der Waals surface area contributed by atoms with E-state index in [0.29, 0.717) is 11.3 Å². The second kappa shape index (κ2) is 8.23. The second-order valence-corrected chi connectivity index (χ2v) is 6.78. The zero-order chi connectivity index (χ0) is 18.5. The maximum atomic E-state index is 12.0. The SMILES string of the molecule is COc1ccc(Oc2ccc(C(=O)N(C)C)cc2)cc1CN1CCCC1. The first-order valence-corrected chi connectivity index (χ1v) is 8.95. The first-order valence-electron chi connectivity index (χ1n) is 8.95. The van der Waals surface area contributed by atoms with Crippen LogP contribution in [-0.2, 0) is 6.54 Å². The highest BCUT2D eigenvalue weighted by Crippen LogP contribution is 2.29. The summed E-state index contributed by atoms with van der Waals surface area (Å²) in [5.41, 5.74) is 1.78. The summed E-state index contributed by atoms with van der Waals surface area (Å²) in [6.45, 7) is 3.14. The van der Waals surface area contributed by atoms with Crippen LogP contribution in [0.2, 0.25) is 0 Å². The van der Waals surface area contributed by atoms with Gasteiger partial charge in [-0.25, -0.2) is 0 Å². The van der Waals surface area contributed by atoms with Gasteiger partial charge in [0.05, 0.1) is 7.11 Å². The third-order valence-electron chi connectivity index (χ3n) is 4.59. The average molecular weight is 354 g/mol. The molecule has 0 bridgehead atoms. The third-order valence-corrected chi connectivity index (χ3v) is 4.59. The highest BCUT2D eigenvalue weighted by atomic mass is 16.5. The van der Waals surface area contributed by atoms with Crippen LogP contribution in [0.15, 0.2) is 42.5 Å². The zero-order valence-electron chi connectivity index (χ0n) is 15.7. The number of rotatable bonds is 6. The van der Waals surface area contributed by atoms with Gasteiger partial charge in [0.1, 0.15) is 17.2 Å². The number of nitrogens with zero attached hydrogens (tertiary/aromatic N) is 2. The fourth-order valence-electron chi connectivity index (χ4n) is 3.18. The molecule has 1 fully saturated rings. The summed E-state index contributed by atoms with van der Waals surface area (Å²) in [6, 6.07) is 13.1. The number of benzene rings is 2. The Morgan fingerprint density at radius 2 is 1.69 bits per heavy atom. The van der Waals surface area contributed by atoms with Gasteiger partial charge in [0.25, 0.3) is 5.91 Å². The normalized spacial score (nSPS) is 14.3. The maximum Gasteiger partial charge on any atom is 0.253 e. The lowest BCUT2D eigenvalue weighted by Gasteiger charge is -2.18. The molecule has 1 amide bonds. The number of amides is 1. The average Bonchev–Trinajstić information content (AvgIpc) is 3.15. The van der Waals surface area contributed by atoms with Crippen molar-refractivity contribution < 1.29 is 14.3 Å². The van der Waals surface area contributed by atoms with Crippen molar-refractivity contribution in [2.45, 2.75) is 19.4 Å². The van der Waals surface area contributed by atoms with Crippen LogP contribution in [0.3, 0.4) is 0 Å². The van der Waals surface area contributed by atoms with Gasteiger partial charge in [0, 0.05) is 31.8 Å². The van der Waals surface area contributed by atoms with Crippen molar-refractivity contribution in [2.75, 3.05) is 34.3 Å². The van der Waals surface area contributed by atoms with Crippen molar-refractivity contribution in [3.05, 3.63) is 53.6 Å². The van der Waals surface area contributed by atoms with Gasteiger partial charge >= 0.3 is 0 Å². The van der Waals surface area contributed by atoms with Crippen LogP contribution in [0.4, 0.5) is 0 Å². The van der Waals surface area contributed by atoms with Crippen LogP contribution in [0.1, 0.15) is 28.8 Å². The van der Waals surface area contributed by atoms with Crippen LogP contribution in [0.25, 0.3) is 0 Å². The van der Waals surface area contributed by atoms with Gasteiger partial charge < -0.3 is 14.4 Å². The molecule has 0 aromatic heterocycles. The maximum absolute atomic E-state index is 12.0. The van der Waals surface area contributed by atoms with E-state index in [0.717, 1.165) is 36.7 Å². The zero-order valence-corrected chi connectivity index (χ0v) is 15.7. The molecule has 1 saturated heterocycles. The molecule has 0 unspecified atom stereocenters. The molecule has 138 valence electrons. The molecular formula is C21H26N2O3. The van der Waals surface area contributed by atoms with Gasteiger partial charge in [-0.2, -0.15) is 0 Å². The van der Waals surface area contributed by atoms with E-state index >= 15 is 0 Å². The first kappa shape index (κ1) is 18.3. The van der Waals surface area contributed by atoms with Crippen molar-refractivity contribution >= 4 is 5.91 Å². The number of likely N-dealkylation sites (tertiary alicyclic amines) is 1. The molecule has 0 aliphatic carbocycles. The van der Waals surface area contributed by atoms with Gasteiger partial charge in [-0.3, -0.25) is 9.69 Å². The largest absolute Gasteiger partial charge is 0.496 e. The molecule has 1 aliphatic heterocycles. The number of carbonyl (C=O) groups is 1. The standard InChI is InChI=1S/C21H26N2O3/c1-22(2)21(24)16-6-8-18(9-7-16)26-19-10-11-20(25-3)17(14-19)15-23-12-4-5-13-23/h6-11,14H,4-5,12-13,15H2,1-3H3. The van der Waals surface area contributed by atoms with Crippen molar-refractivity contribution in [3.63, 3.8) is 0 Å². The minimum Gasteiger partial charge on any atom is -0.496 e. The van der Waals surface area contributed by atoms with E-state index in [1.165, 1.54) is 12.8 Å². The minimum atomic E-state index is -0.0195. The van der Waals surface area contributed by atoms with Crippen molar-refractivity contribution in [1.82, 2.24) is 9.80 Å².